The molecule has 0 bridgehead atoms. The van der Waals surface area contributed by atoms with E-state index in [0.717, 1.165) is 0 Å². The van der Waals surface area contributed by atoms with Crippen molar-refractivity contribution >= 4 is 33.0 Å². The van der Waals surface area contributed by atoms with Crippen LogP contribution in [0.1, 0.15) is 23.0 Å². The molecule has 8 heteroatoms. The molecule has 1 aliphatic rings. The van der Waals surface area contributed by atoms with Gasteiger partial charge in [-0.3, -0.25) is 9.59 Å². The second-order valence-corrected chi connectivity index (χ2v) is 8.07. The molecule has 2 rings (SSSR count). The highest BCUT2D eigenvalue weighted by molar-refractivity contribution is 7.91. The van der Waals surface area contributed by atoms with Crippen molar-refractivity contribution in [2.45, 2.75) is 19.4 Å². The van der Waals surface area contributed by atoms with Gasteiger partial charge in [-0.15, -0.1) is 11.3 Å². The van der Waals surface area contributed by atoms with Gasteiger partial charge in [-0.05, 0) is 24.8 Å². The van der Waals surface area contributed by atoms with Gasteiger partial charge in [-0.25, -0.2) is 8.42 Å². The van der Waals surface area contributed by atoms with Crippen LogP contribution < -0.4 is 5.32 Å². The zero-order chi connectivity index (χ0) is 15.5. The molecule has 1 aromatic rings. The van der Waals surface area contributed by atoms with Gasteiger partial charge in [0.25, 0.3) is 5.91 Å². The lowest BCUT2D eigenvalue weighted by Gasteiger charge is -2.26. The van der Waals surface area contributed by atoms with Gasteiger partial charge in [0, 0.05) is 12.6 Å². The largest absolute Gasteiger partial charge is 0.342 e. The molecule has 2 amide bonds. The fourth-order valence-electron chi connectivity index (χ4n) is 2.41. The lowest BCUT2D eigenvalue weighted by Crippen LogP contribution is -2.46. The number of sulfone groups is 1. The first-order valence-corrected chi connectivity index (χ1v) is 9.44. The van der Waals surface area contributed by atoms with Crippen molar-refractivity contribution in [1.82, 2.24) is 10.2 Å². The first-order chi connectivity index (χ1) is 9.93. The van der Waals surface area contributed by atoms with Crippen LogP contribution in [0.2, 0.25) is 0 Å². The van der Waals surface area contributed by atoms with Gasteiger partial charge in [0.05, 0.1) is 22.9 Å². The van der Waals surface area contributed by atoms with Gasteiger partial charge in [-0.2, -0.15) is 0 Å². The third kappa shape index (κ3) is 4.04. The molecular weight excluding hydrogens is 312 g/mol. The SMILES string of the molecule is CCN(C(=O)CNC(=O)c1cccs1)C1CCS(=O)(=O)C1. The molecule has 1 atom stereocenters. The highest BCUT2D eigenvalue weighted by Gasteiger charge is 2.33. The molecule has 6 nitrogen and oxygen atoms in total. The van der Waals surface area contributed by atoms with Gasteiger partial charge in [0.15, 0.2) is 9.84 Å². The molecule has 1 aromatic heterocycles. The normalized spacial score (nSPS) is 20.1. The first-order valence-electron chi connectivity index (χ1n) is 6.74. The number of nitrogens with zero attached hydrogens (tertiary/aromatic N) is 1. The number of hydrogen-bond acceptors (Lipinski definition) is 5. The molecule has 1 unspecified atom stereocenters. The van der Waals surface area contributed by atoms with Crippen molar-refractivity contribution in [1.29, 1.82) is 0 Å². The van der Waals surface area contributed by atoms with Gasteiger partial charge in [-0.1, -0.05) is 6.07 Å². The zero-order valence-electron chi connectivity index (χ0n) is 11.7. The molecule has 0 aliphatic carbocycles. The monoisotopic (exact) mass is 330 g/mol. The van der Waals surface area contributed by atoms with Crippen LogP contribution in [0.5, 0.6) is 0 Å². The number of likely N-dealkylation sites (N-methyl/N-ethyl adjacent to an activating group) is 1. The van der Waals surface area contributed by atoms with E-state index in [2.05, 4.69) is 5.32 Å². The lowest BCUT2D eigenvalue weighted by atomic mass is 10.2. The maximum absolute atomic E-state index is 12.2. The quantitative estimate of drug-likeness (QED) is 0.853. The number of nitrogens with one attached hydrogen (secondary N) is 1. The molecule has 21 heavy (non-hydrogen) atoms. The van der Waals surface area contributed by atoms with Crippen LogP contribution in [0.4, 0.5) is 0 Å². The molecule has 1 aliphatic heterocycles. The smallest absolute Gasteiger partial charge is 0.261 e. The Morgan fingerprint density at radius 3 is 2.76 bits per heavy atom. The Balaban J connectivity index is 1.90. The van der Waals surface area contributed by atoms with Crippen molar-refractivity contribution in [3.05, 3.63) is 22.4 Å². The predicted octanol–water partition coefficient (Wildman–Crippen LogP) is 0.513. The van der Waals surface area contributed by atoms with E-state index >= 15 is 0 Å². The standard InChI is InChI=1S/C13H18N2O4S2/c1-2-15(10-5-7-21(18,19)9-10)12(16)8-14-13(17)11-4-3-6-20-11/h3-4,6,10H,2,5,7-9H2,1H3,(H,14,17). The topological polar surface area (TPSA) is 83.6 Å². The molecule has 116 valence electrons. The van der Waals surface area contributed by atoms with E-state index in [0.29, 0.717) is 17.8 Å². The molecule has 0 aromatic carbocycles. The van der Waals surface area contributed by atoms with Crippen molar-refractivity contribution in [2.24, 2.45) is 0 Å². The molecule has 0 saturated carbocycles. The summed E-state index contributed by atoms with van der Waals surface area (Å²) in [7, 11) is -3.03. The van der Waals surface area contributed by atoms with Gasteiger partial charge < -0.3 is 10.2 Å². The summed E-state index contributed by atoms with van der Waals surface area (Å²) in [5, 5.41) is 4.36. The van der Waals surface area contributed by atoms with Crippen LogP contribution >= 0.6 is 11.3 Å². The van der Waals surface area contributed by atoms with Crippen molar-refractivity contribution in [3.8, 4) is 0 Å². The Morgan fingerprint density at radius 1 is 1.48 bits per heavy atom. The predicted molar refractivity (Wildman–Crippen MR) is 81.1 cm³/mol. The van der Waals surface area contributed by atoms with E-state index in [1.54, 1.807) is 22.4 Å². The van der Waals surface area contributed by atoms with Gasteiger partial charge in [0.2, 0.25) is 5.91 Å². The highest BCUT2D eigenvalue weighted by Crippen LogP contribution is 2.17. The van der Waals surface area contributed by atoms with Crippen LogP contribution in [0.3, 0.4) is 0 Å². The third-order valence-electron chi connectivity index (χ3n) is 3.46. The Labute approximate surface area is 128 Å². The third-order valence-corrected chi connectivity index (χ3v) is 6.07. The van der Waals surface area contributed by atoms with Crippen LogP contribution in [0.15, 0.2) is 17.5 Å². The molecule has 2 heterocycles. The number of amides is 2. The molecule has 1 saturated heterocycles. The summed E-state index contributed by atoms with van der Waals surface area (Å²) >= 11 is 1.31. The Hall–Kier alpha value is -1.41. The van der Waals surface area contributed by atoms with Crippen molar-refractivity contribution < 1.29 is 18.0 Å². The number of carbonyl (C=O) groups is 2. The number of carbonyl (C=O) groups excluding carboxylic acids is 2. The van der Waals surface area contributed by atoms with Gasteiger partial charge >= 0.3 is 0 Å². The van der Waals surface area contributed by atoms with Crippen LogP contribution in [0.25, 0.3) is 0 Å². The maximum Gasteiger partial charge on any atom is 0.261 e. The molecule has 1 N–H and O–H groups in total. The summed E-state index contributed by atoms with van der Waals surface area (Å²) in [4.78, 5) is 26.0. The fourth-order valence-corrected chi connectivity index (χ4v) is 4.78. The first kappa shape index (κ1) is 16.0. The number of thiophene rings is 1. The van der Waals surface area contributed by atoms with E-state index in [-0.39, 0.29) is 35.9 Å². The Morgan fingerprint density at radius 2 is 2.24 bits per heavy atom. The number of rotatable bonds is 5. The van der Waals surface area contributed by atoms with Crippen LogP contribution in [-0.2, 0) is 14.6 Å². The minimum Gasteiger partial charge on any atom is -0.342 e. The summed E-state index contributed by atoms with van der Waals surface area (Å²) in [5.41, 5.74) is 0. The highest BCUT2D eigenvalue weighted by atomic mass is 32.2. The second-order valence-electron chi connectivity index (χ2n) is 4.90. The maximum atomic E-state index is 12.2. The number of hydrogen-bond donors (Lipinski definition) is 1. The average Bonchev–Trinajstić information content (AvgIpc) is 3.06. The fraction of sp³-hybridized carbons (Fsp3) is 0.538. The summed E-state index contributed by atoms with van der Waals surface area (Å²) < 4.78 is 23.0. The van der Waals surface area contributed by atoms with Crippen LogP contribution in [-0.4, -0.2) is 55.8 Å². The summed E-state index contributed by atoms with van der Waals surface area (Å²) in [6.07, 6.45) is 0.473. The van der Waals surface area contributed by atoms with Gasteiger partial charge in [0.1, 0.15) is 0 Å². The summed E-state index contributed by atoms with van der Waals surface area (Å²) in [6, 6.07) is 3.18. The van der Waals surface area contributed by atoms with Crippen molar-refractivity contribution in [2.75, 3.05) is 24.6 Å². The summed E-state index contributed by atoms with van der Waals surface area (Å²) in [5.74, 6) is -0.382. The van der Waals surface area contributed by atoms with E-state index in [1.807, 2.05) is 6.92 Å². The minimum absolute atomic E-state index is 0.0193. The van der Waals surface area contributed by atoms with E-state index in [9.17, 15) is 18.0 Å². The van der Waals surface area contributed by atoms with Crippen LogP contribution in [0, 0.1) is 0 Å². The minimum atomic E-state index is -3.03. The molecule has 1 fully saturated rings. The van der Waals surface area contributed by atoms with E-state index in [1.165, 1.54) is 11.3 Å². The average molecular weight is 330 g/mol. The summed E-state index contributed by atoms with van der Waals surface area (Å²) in [6.45, 7) is 2.14. The Kier molecular flexibility index (Phi) is 5.00. The molecule has 0 radical (unpaired) electrons. The lowest BCUT2D eigenvalue weighted by molar-refractivity contribution is -0.131. The molecular formula is C13H18N2O4S2. The Bertz CT molecular complexity index is 610. The second kappa shape index (κ2) is 6.57. The van der Waals surface area contributed by atoms with Crippen molar-refractivity contribution in [3.63, 3.8) is 0 Å². The molecule has 0 spiro atoms. The van der Waals surface area contributed by atoms with E-state index < -0.39 is 9.84 Å². The zero-order valence-corrected chi connectivity index (χ0v) is 13.4. The van der Waals surface area contributed by atoms with E-state index in [4.69, 9.17) is 0 Å².